The highest BCUT2D eigenvalue weighted by atomic mass is 35.5. The van der Waals surface area contributed by atoms with Crippen molar-refractivity contribution in [3.63, 3.8) is 0 Å². The standard InChI is InChI=1S/C27H27ClN2O5/c1-33-20-7-8-21-24(13-20)34-15-25(26(21)31)35-19-5-2-16(3-6-19)27(32)29-11-10-17-14-30-23-9-4-18(28)12-22(17)23/h2-6,9,12,14-15,20-21,24,30H,7-8,10-11,13H2,1H3,(H,29,32). The lowest BCUT2D eigenvalue weighted by Gasteiger charge is -2.36. The molecule has 1 fully saturated rings. The number of halogens is 1. The summed E-state index contributed by atoms with van der Waals surface area (Å²) in [7, 11) is 1.68. The van der Waals surface area contributed by atoms with Crippen molar-refractivity contribution < 1.29 is 23.8 Å². The first kappa shape index (κ1) is 23.5. The molecule has 2 heterocycles. The Morgan fingerprint density at radius 2 is 2.03 bits per heavy atom. The number of allylic oxidation sites excluding steroid dienone is 1. The molecule has 2 aliphatic rings. The number of ether oxygens (including phenoxy) is 3. The molecule has 35 heavy (non-hydrogen) atoms. The Hall–Kier alpha value is -3.29. The molecule has 8 heteroatoms. The average Bonchev–Trinajstić information content (AvgIpc) is 3.27. The molecule has 7 nitrogen and oxygen atoms in total. The monoisotopic (exact) mass is 494 g/mol. The number of ketones is 1. The van der Waals surface area contributed by atoms with Crippen LogP contribution in [-0.4, -0.2) is 42.5 Å². The number of amides is 1. The molecule has 1 aromatic heterocycles. The molecule has 1 saturated carbocycles. The Morgan fingerprint density at radius 1 is 1.20 bits per heavy atom. The summed E-state index contributed by atoms with van der Waals surface area (Å²) >= 11 is 6.11. The van der Waals surface area contributed by atoms with Crippen molar-refractivity contribution in [2.24, 2.45) is 5.92 Å². The number of rotatable bonds is 7. The van der Waals surface area contributed by atoms with Crippen LogP contribution in [0.5, 0.6) is 5.75 Å². The summed E-state index contributed by atoms with van der Waals surface area (Å²) in [6, 6.07) is 12.4. The fourth-order valence-corrected chi connectivity index (χ4v) is 4.96. The maximum atomic E-state index is 12.9. The van der Waals surface area contributed by atoms with Crippen LogP contribution in [0.4, 0.5) is 0 Å². The number of aromatic amines is 1. The Bertz CT molecular complexity index is 1270. The van der Waals surface area contributed by atoms with Gasteiger partial charge in [-0.15, -0.1) is 0 Å². The number of Topliss-reactive ketones (excluding diaryl/α,β-unsaturated/α-hetero) is 1. The van der Waals surface area contributed by atoms with Crippen LogP contribution in [-0.2, 0) is 20.7 Å². The molecular weight excluding hydrogens is 468 g/mol. The van der Waals surface area contributed by atoms with Gasteiger partial charge in [-0.25, -0.2) is 0 Å². The molecule has 0 radical (unpaired) electrons. The fraction of sp³-hybridized carbons (Fsp3) is 0.333. The van der Waals surface area contributed by atoms with E-state index in [-0.39, 0.29) is 35.6 Å². The number of methoxy groups -OCH3 is 1. The maximum Gasteiger partial charge on any atom is 0.251 e. The lowest BCUT2D eigenvalue weighted by atomic mass is 9.80. The van der Waals surface area contributed by atoms with Gasteiger partial charge in [0.2, 0.25) is 11.5 Å². The summed E-state index contributed by atoms with van der Waals surface area (Å²) < 4.78 is 17.0. The number of fused-ring (bicyclic) bond motifs is 2. The number of H-pyrrole nitrogens is 1. The van der Waals surface area contributed by atoms with Crippen LogP contribution >= 0.6 is 11.6 Å². The van der Waals surface area contributed by atoms with E-state index in [4.69, 9.17) is 25.8 Å². The summed E-state index contributed by atoms with van der Waals surface area (Å²) in [6.45, 7) is 0.488. The van der Waals surface area contributed by atoms with Crippen LogP contribution in [0.1, 0.15) is 35.2 Å². The summed E-state index contributed by atoms with van der Waals surface area (Å²) in [5.41, 5.74) is 2.62. The van der Waals surface area contributed by atoms with Crippen LogP contribution in [0.3, 0.4) is 0 Å². The van der Waals surface area contributed by atoms with Gasteiger partial charge in [-0.3, -0.25) is 9.59 Å². The SMILES string of the molecule is COC1CCC2C(=O)C(Oc3ccc(C(=O)NCCc4c[nH]c5ccc(Cl)cc45)cc3)=COC2C1. The molecule has 0 spiro atoms. The highest BCUT2D eigenvalue weighted by molar-refractivity contribution is 6.31. The van der Waals surface area contributed by atoms with Gasteiger partial charge < -0.3 is 24.5 Å². The predicted molar refractivity (Wildman–Crippen MR) is 133 cm³/mol. The molecule has 3 unspecified atom stereocenters. The molecule has 5 rings (SSSR count). The van der Waals surface area contributed by atoms with Crippen LogP contribution in [0, 0.1) is 5.92 Å². The summed E-state index contributed by atoms with van der Waals surface area (Å²) in [5.74, 6) is 0.238. The third-order valence-corrected chi connectivity index (χ3v) is 7.00. The molecule has 1 aliphatic heterocycles. The van der Waals surface area contributed by atoms with Crippen molar-refractivity contribution >= 4 is 34.2 Å². The maximum absolute atomic E-state index is 12.9. The lowest BCUT2D eigenvalue weighted by molar-refractivity contribution is -0.133. The molecule has 1 aliphatic carbocycles. The molecule has 3 atom stereocenters. The minimum absolute atomic E-state index is 0.0452. The van der Waals surface area contributed by atoms with E-state index >= 15 is 0 Å². The van der Waals surface area contributed by atoms with E-state index in [0.29, 0.717) is 42.1 Å². The van der Waals surface area contributed by atoms with Crippen molar-refractivity contribution in [1.82, 2.24) is 10.3 Å². The molecule has 1 amide bonds. The van der Waals surface area contributed by atoms with Gasteiger partial charge in [0.25, 0.3) is 5.91 Å². The second-order valence-corrected chi connectivity index (χ2v) is 9.37. The number of carbonyl (C=O) groups excluding carboxylic acids is 2. The molecule has 0 bridgehead atoms. The number of hydrogen-bond donors (Lipinski definition) is 2. The normalized spacial score (nSPS) is 21.7. The van der Waals surface area contributed by atoms with Gasteiger partial charge in [0.15, 0.2) is 0 Å². The van der Waals surface area contributed by atoms with Gasteiger partial charge in [0.05, 0.1) is 12.0 Å². The number of aromatic nitrogens is 1. The zero-order chi connectivity index (χ0) is 24.4. The first-order valence-corrected chi connectivity index (χ1v) is 12.1. The second-order valence-electron chi connectivity index (χ2n) is 8.93. The molecular formula is C27H27ClN2O5. The van der Waals surface area contributed by atoms with Crippen molar-refractivity contribution in [2.75, 3.05) is 13.7 Å². The van der Waals surface area contributed by atoms with Gasteiger partial charge in [-0.1, -0.05) is 11.6 Å². The minimum Gasteiger partial charge on any atom is -0.493 e. The Kier molecular flexibility index (Phi) is 6.79. The molecule has 2 N–H and O–H groups in total. The van der Waals surface area contributed by atoms with E-state index in [1.54, 1.807) is 31.4 Å². The molecule has 182 valence electrons. The van der Waals surface area contributed by atoms with Crippen LogP contribution in [0.15, 0.2) is 60.7 Å². The van der Waals surface area contributed by atoms with E-state index in [1.807, 2.05) is 24.4 Å². The number of nitrogens with one attached hydrogen (secondary N) is 2. The molecule has 2 aromatic carbocycles. The highest BCUT2D eigenvalue weighted by Crippen LogP contribution is 2.35. The lowest BCUT2D eigenvalue weighted by Crippen LogP contribution is -2.42. The highest BCUT2D eigenvalue weighted by Gasteiger charge is 2.41. The number of hydrogen-bond acceptors (Lipinski definition) is 5. The zero-order valence-electron chi connectivity index (χ0n) is 19.4. The van der Waals surface area contributed by atoms with Crippen molar-refractivity contribution in [3.8, 4) is 5.75 Å². The number of carbonyl (C=O) groups is 2. The average molecular weight is 495 g/mol. The van der Waals surface area contributed by atoms with E-state index in [1.165, 1.54) is 6.26 Å². The van der Waals surface area contributed by atoms with Gasteiger partial charge in [0, 0.05) is 47.8 Å². The Labute approximate surface area is 208 Å². The third-order valence-electron chi connectivity index (χ3n) is 6.76. The van der Waals surface area contributed by atoms with Crippen LogP contribution in [0.2, 0.25) is 5.02 Å². The largest absolute Gasteiger partial charge is 0.493 e. The quantitative estimate of drug-likeness (QED) is 0.492. The summed E-state index contributed by atoms with van der Waals surface area (Å²) in [5, 5.41) is 4.68. The minimum atomic E-state index is -0.209. The topological polar surface area (TPSA) is 89.6 Å². The van der Waals surface area contributed by atoms with E-state index in [9.17, 15) is 9.59 Å². The number of benzene rings is 2. The van der Waals surface area contributed by atoms with Crippen molar-refractivity contribution in [1.29, 1.82) is 0 Å². The Balaban J connectivity index is 1.15. The summed E-state index contributed by atoms with van der Waals surface area (Å²) in [6.07, 6.45) is 6.23. The molecule has 0 saturated heterocycles. The fourth-order valence-electron chi connectivity index (χ4n) is 4.79. The summed E-state index contributed by atoms with van der Waals surface area (Å²) in [4.78, 5) is 28.7. The third kappa shape index (κ3) is 5.06. The predicted octanol–water partition coefficient (Wildman–Crippen LogP) is 4.80. The van der Waals surface area contributed by atoms with Crippen molar-refractivity contribution in [3.05, 3.63) is 76.8 Å². The Morgan fingerprint density at radius 3 is 2.83 bits per heavy atom. The van der Waals surface area contributed by atoms with Gasteiger partial charge >= 0.3 is 0 Å². The van der Waals surface area contributed by atoms with E-state index < -0.39 is 0 Å². The second kappa shape index (κ2) is 10.1. The van der Waals surface area contributed by atoms with Gasteiger partial charge in [-0.2, -0.15) is 0 Å². The van der Waals surface area contributed by atoms with Crippen molar-refractivity contribution in [2.45, 2.75) is 37.9 Å². The van der Waals surface area contributed by atoms with Gasteiger partial charge in [0.1, 0.15) is 18.1 Å². The van der Waals surface area contributed by atoms with E-state index in [2.05, 4.69) is 10.3 Å². The zero-order valence-corrected chi connectivity index (χ0v) is 20.1. The molecule has 3 aromatic rings. The van der Waals surface area contributed by atoms with Gasteiger partial charge in [-0.05, 0) is 67.3 Å². The van der Waals surface area contributed by atoms with Crippen LogP contribution in [0.25, 0.3) is 10.9 Å². The smallest absolute Gasteiger partial charge is 0.251 e. The van der Waals surface area contributed by atoms with Crippen LogP contribution < -0.4 is 10.1 Å². The van der Waals surface area contributed by atoms with E-state index in [0.717, 1.165) is 22.9 Å². The first-order chi connectivity index (χ1) is 17.0. The first-order valence-electron chi connectivity index (χ1n) is 11.8.